The summed E-state index contributed by atoms with van der Waals surface area (Å²) in [5.74, 6) is 0.353. The van der Waals surface area contributed by atoms with Crippen molar-refractivity contribution in [3.8, 4) is 11.8 Å². The van der Waals surface area contributed by atoms with Gasteiger partial charge in [-0.2, -0.15) is 4.98 Å². The molecular formula is C27H32ClN5O6S. The highest BCUT2D eigenvalue weighted by molar-refractivity contribution is 7.92. The first kappa shape index (κ1) is 29.4. The molecule has 214 valence electrons. The van der Waals surface area contributed by atoms with Crippen LogP contribution in [0.1, 0.15) is 6.42 Å². The Morgan fingerprint density at radius 3 is 2.50 bits per heavy atom. The molecule has 0 aliphatic carbocycles. The van der Waals surface area contributed by atoms with Crippen LogP contribution in [0.3, 0.4) is 0 Å². The maximum absolute atomic E-state index is 13.3. The summed E-state index contributed by atoms with van der Waals surface area (Å²) in [5.41, 5.74) is 2.63. The minimum absolute atomic E-state index is 0. The van der Waals surface area contributed by atoms with Gasteiger partial charge in [-0.25, -0.2) is 8.42 Å². The van der Waals surface area contributed by atoms with Crippen molar-refractivity contribution in [2.45, 2.75) is 11.3 Å². The number of nitrogens with zero attached hydrogens (tertiary/aromatic N) is 3. The predicted molar refractivity (Wildman–Crippen MR) is 156 cm³/mol. The van der Waals surface area contributed by atoms with Crippen LogP contribution in [0.4, 0.5) is 11.4 Å². The molecule has 1 aliphatic rings. The maximum atomic E-state index is 13.3. The zero-order valence-electron chi connectivity index (χ0n) is 22.5. The van der Waals surface area contributed by atoms with Crippen LogP contribution in [-0.2, 0) is 26.6 Å². The van der Waals surface area contributed by atoms with E-state index in [-0.39, 0.29) is 34.8 Å². The summed E-state index contributed by atoms with van der Waals surface area (Å²) in [7, 11) is 0.839. The molecule has 0 atom stereocenters. The summed E-state index contributed by atoms with van der Waals surface area (Å²) < 4.78 is 46.7. The molecule has 0 bridgehead atoms. The number of carbonyl (C=O) groups is 1. The lowest BCUT2D eigenvalue weighted by atomic mass is 10.1. The molecule has 11 nitrogen and oxygen atoms in total. The minimum atomic E-state index is -3.95. The smallest absolute Gasteiger partial charge is 0.262 e. The van der Waals surface area contributed by atoms with Crippen LogP contribution in [-0.4, -0.2) is 75.8 Å². The number of aryl methyl sites for hydroxylation is 1. The monoisotopic (exact) mass is 589 g/mol. The number of rotatable bonds is 9. The number of methoxy groups -OCH3 is 2. The number of ether oxygens (including phenoxy) is 3. The summed E-state index contributed by atoms with van der Waals surface area (Å²) in [6.45, 7) is 3.77. The average Bonchev–Trinajstić information content (AvgIpc) is 3.23. The van der Waals surface area contributed by atoms with E-state index in [2.05, 4.69) is 19.9 Å². The molecule has 2 aromatic carbocycles. The molecule has 2 N–H and O–H groups in total. The molecule has 5 rings (SSSR count). The quantitative estimate of drug-likeness (QED) is 0.303. The van der Waals surface area contributed by atoms with Crippen LogP contribution >= 0.6 is 12.4 Å². The van der Waals surface area contributed by atoms with Crippen LogP contribution in [0, 0.1) is 0 Å². The summed E-state index contributed by atoms with van der Waals surface area (Å²) >= 11 is 0. The predicted octanol–water partition coefficient (Wildman–Crippen LogP) is 3.63. The summed E-state index contributed by atoms with van der Waals surface area (Å²) in [5, 5.41) is 4.64. The minimum Gasteiger partial charge on any atom is -0.481 e. The van der Waals surface area contributed by atoms with Crippen molar-refractivity contribution in [3.63, 3.8) is 0 Å². The summed E-state index contributed by atoms with van der Waals surface area (Å²) in [4.78, 5) is 19.0. The lowest BCUT2D eigenvalue weighted by Gasteiger charge is -2.26. The fraction of sp³-hybridized carbons (Fsp3) is 0.333. The molecule has 13 heteroatoms. The third-order valence-electron chi connectivity index (χ3n) is 6.81. The van der Waals surface area contributed by atoms with Crippen LogP contribution in [0.5, 0.6) is 11.8 Å². The van der Waals surface area contributed by atoms with Crippen molar-refractivity contribution in [1.29, 1.82) is 0 Å². The highest BCUT2D eigenvalue weighted by Gasteiger charge is 2.20. The molecule has 0 radical (unpaired) electrons. The van der Waals surface area contributed by atoms with E-state index in [1.807, 2.05) is 29.8 Å². The third-order valence-corrected chi connectivity index (χ3v) is 8.18. The molecule has 4 aromatic rings. The second-order valence-corrected chi connectivity index (χ2v) is 10.9. The van der Waals surface area contributed by atoms with Gasteiger partial charge in [0, 0.05) is 61.1 Å². The van der Waals surface area contributed by atoms with E-state index < -0.39 is 10.0 Å². The van der Waals surface area contributed by atoms with E-state index in [1.165, 1.54) is 20.3 Å². The van der Waals surface area contributed by atoms with Gasteiger partial charge >= 0.3 is 0 Å². The largest absolute Gasteiger partial charge is 0.481 e. The standard InChI is InChI=1S/C27H31N5O6S.ClH/c1-31-23-8-5-19(39(34,35)30-22-7-9-26(36-2)29-27(22)37-3)17-21(23)20-6-4-18(16-24(20)31)28-25(33)10-11-32-12-14-38-15-13-32;/h4-9,16-17,30H,10-15H2,1-3H3,(H,28,33);1H. The van der Waals surface area contributed by atoms with Gasteiger partial charge in [-0.3, -0.25) is 14.4 Å². The van der Waals surface area contributed by atoms with Crippen molar-refractivity contribution in [1.82, 2.24) is 14.5 Å². The summed E-state index contributed by atoms with van der Waals surface area (Å²) in [6, 6.07) is 13.7. The fourth-order valence-electron chi connectivity index (χ4n) is 4.72. The molecular weight excluding hydrogens is 558 g/mol. The van der Waals surface area contributed by atoms with E-state index in [0.717, 1.165) is 34.9 Å². The molecule has 3 heterocycles. The zero-order valence-corrected chi connectivity index (χ0v) is 24.1. The Balaban J connectivity index is 0.00000370. The average molecular weight is 590 g/mol. The van der Waals surface area contributed by atoms with Gasteiger partial charge in [0.2, 0.25) is 17.7 Å². The molecule has 1 amide bonds. The van der Waals surface area contributed by atoms with Gasteiger partial charge in [0.25, 0.3) is 10.0 Å². The molecule has 1 fully saturated rings. The van der Waals surface area contributed by atoms with Crippen LogP contribution in [0.25, 0.3) is 21.8 Å². The van der Waals surface area contributed by atoms with Crippen LogP contribution in [0.15, 0.2) is 53.4 Å². The molecule has 2 aromatic heterocycles. The lowest BCUT2D eigenvalue weighted by molar-refractivity contribution is -0.116. The first-order valence-electron chi connectivity index (χ1n) is 12.5. The number of amides is 1. The van der Waals surface area contributed by atoms with Gasteiger partial charge in [-0.05, 0) is 36.4 Å². The number of morpholine rings is 1. The first-order chi connectivity index (χ1) is 18.8. The van der Waals surface area contributed by atoms with E-state index in [4.69, 9.17) is 14.2 Å². The fourth-order valence-corrected chi connectivity index (χ4v) is 5.80. The molecule has 0 unspecified atom stereocenters. The van der Waals surface area contributed by atoms with Gasteiger partial charge < -0.3 is 24.1 Å². The SMILES string of the molecule is COc1ccc(NS(=O)(=O)c2ccc3c(c2)c2ccc(NC(=O)CCN4CCOCC4)cc2n3C)c(OC)n1.Cl. The van der Waals surface area contributed by atoms with Gasteiger partial charge in [-0.15, -0.1) is 12.4 Å². The van der Waals surface area contributed by atoms with Crippen molar-refractivity contribution < 1.29 is 27.4 Å². The van der Waals surface area contributed by atoms with Crippen molar-refractivity contribution in [3.05, 3.63) is 48.5 Å². The second kappa shape index (κ2) is 12.3. The number of aromatic nitrogens is 2. The Morgan fingerprint density at radius 2 is 1.77 bits per heavy atom. The lowest BCUT2D eigenvalue weighted by Crippen LogP contribution is -2.38. The van der Waals surface area contributed by atoms with E-state index in [1.54, 1.807) is 24.3 Å². The Hall–Kier alpha value is -3.58. The number of sulfonamides is 1. The highest BCUT2D eigenvalue weighted by atomic mass is 35.5. The normalized spacial score (nSPS) is 14.1. The van der Waals surface area contributed by atoms with Gasteiger partial charge in [0.05, 0.1) is 37.8 Å². The number of fused-ring (bicyclic) bond motifs is 3. The maximum Gasteiger partial charge on any atom is 0.262 e. The van der Waals surface area contributed by atoms with Crippen molar-refractivity contribution in [2.24, 2.45) is 7.05 Å². The molecule has 1 saturated heterocycles. The molecule has 1 aliphatic heterocycles. The number of hydrogen-bond donors (Lipinski definition) is 2. The Bertz CT molecular complexity index is 1640. The second-order valence-electron chi connectivity index (χ2n) is 9.24. The molecule has 0 saturated carbocycles. The Kier molecular flexibility index (Phi) is 9.04. The first-order valence-corrected chi connectivity index (χ1v) is 14.0. The number of pyridine rings is 1. The van der Waals surface area contributed by atoms with Gasteiger partial charge in [0.1, 0.15) is 5.69 Å². The number of nitrogens with one attached hydrogen (secondary N) is 2. The molecule has 40 heavy (non-hydrogen) atoms. The zero-order chi connectivity index (χ0) is 27.6. The van der Waals surface area contributed by atoms with Gasteiger partial charge in [0.15, 0.2) is 0 Å². The van der Waals surface area contributed by atoms with Crippen molar-refractivity contribution in [2.75, 3.05) is 57.1 Å². The molecule has 0 spiro atoms. The van der Waals surface area contributed by atoms with Crippen LogP contribution < -0.4 is 19.5 Å². The highest BCUT2D eigenvalue weighted by Crippen LogP contribution is 2.33. The van der Waals surface area contributed by atoms with E-state index in [0.29, 0.717) is 37.7 Å². The number of halogens is 1. The van der Waals surface area contributed by atoms with Crippen molar-refractivity contribution >= 4 is 61.5 Å². The summed E-state index contributed by atoms with van der Waals surface area (Å²) in [6.07, 6.45) is 0.399. The number of anilines is 2. The Labute approximate surface area is 238 Å². The number of benzene rings is 2. The van der Waals surface area contributed by atoms with Crippen LogP contribution in [0.2, 0.25) is 0 Å². The third kappa shape index (κ3) is 6.09. The Morgan fingerprint density at radius 1 is 1.00 bits per heavy atom. The van der Waals surface area contributed by atoms with Gasteiger partial charge in [-0.1, -0.05) is 6.07 Å². The van der Waals surface area contributed by atoms with E-state index >= 15 is 0 Å². The topological polar surface area (TPSA) is 124 Å². The number of hydrogen-bond acceptors (Lipinski definition) is 8. The van der Waals surface area contributed by atoms with E-state index in [9.17, 15) is 13.2 Å². The number of carbonyl (C=O) groups excluding carboxylic acids is 1.